The number of benzene rings is 4. The summed E-state index contributed by atoms with van der Waals surface area (Å²) in [6, 6.07) is 20.3. The third-order valence-electron chi connectivity index (χ3n) is 10.6. The van der Waals surface area contributed by atoms with Crippen LogP contribution in [-0.4, -0.2) is 71.0 Å². The molecule has 2 atom stereocenters. The number of hydrogen-bond donors (Lipinski definition) is 1. The summed E-state index contributed by atoms with van der Waals surface area (Å²) >= 11 is 0. The van der Waals surface area contributed by atoms with Crippen LogP contribution in [0, 0.1) is 0 Å². The maximum Gasteiger partial charge on any atom is 0.412 e. The highest BCUT2D eigenvalue weighted by molar-refractivity contribution is 5.71. The van der Waals surface area contributed by atoms with Gasteiger partial charge < -0.3 is 33.7 Å². The molecule has 4 aliphatic rings. The minimum atomic E-state index is -0.497. The van der Waals surface area contributed by atoms with Crippen LogP contribution >= 0.6 is 0 Å². The Labute approximate surface area is 306 Å². The molecule has 1 amide bonds. The first kappa shape index (κ1) is 35.5. The van der Waals surface area contributed by atoms with Crippen molar-refractivity contribution in [3.05, 3.63) is 94.0 Å². The smallest absolute Gasteiger partial charge is 0.412 e. The van der Waals surface area contributed by atoms with E-state index in [1.165, 1.54) is 16.7 Å². The molecular weight excluding hydrogens is 658 g/mol. The summed E-state index contributed by atoms with van der Waals surface area (Å²) in [4.78, 5) is 17.5. The number of carbonyl (C=O) groups is 1. The van der Waals surface area contributed by atoms with E-state index in [0.29, 0.717) is 59.0 Å². The highest BCUT2D eigenvalue weighted by Gasteiger charge is 2.34. The first-order chi connectivity index (χ1) is 25.3. The topological polar surface area (TPSA) is 91.0 Å². The van der Waals surface area contributed by atoms with Gasteiger partial charge in [-0.25, -0.2) is 4.79 Å². The van der Waals surface area contributed by atoms with Gasteiger partial charge in [-0.15, -0.1) is 0 Å². The molecule has 0 saturated heterocycles. The van der Waals surface area contributed by atoms with E-state index in [2.05, 4.69) is 66.5 Å². The van der Waals surface area contributed by atoms with E-state index < -0.39 is 6.09 Å². The van der Waals surface area contributed by atoms with E-state index in [1.807, 2.05) is 30.3 Å². The molecule has 0 spiro atoms. The molecule has 274 valence electrons. The van der Waals surface area contributed by atoms with Crippen LogP contribution in [0.15, 0.2) is 60.7 Å². The zero-order valence-corrected chi connectivity index (χ0v) is 31.0. The second-order valence-electron chi connectivity index (χ2n) is 13.9. The number of nitrogens with zero attached hydrogens (tertiary/aromatic N) is 2. The van der Waals surface area contributed by atoms with Crippen molar-refractivity contribution in [1.82, 2.24) is 15.1 Å². The summed E-state index contributed by atoms with van der Waals surface area (Å²) in [5, 5.41) is 2.85. The number of rotatable bonds is 7. The van der Waals surface area contributed by atoms with Crippen LogP contribution in [-0.2, 0) is 25.7 Å². The van der Waals surface area contributed by atoms with E-state index in [0.717, 1.165) is 61.9 Å². The van der Waals surface area contributed by atoms with Crippen LogP contribution in [0.4, 0.5) is 4.79 Å². The fourth-order valence-corrected chi connectivity index (χ4v) is 7.69. The van der Waals surface area contributed by atoms with Crippen LogP contribution in [0.5, 0.6) is 46.0 Å². The van der Waals surface area contributed by atoms with Crippen molar-refractivity contribution >= 4 is 6.09 Å². The first-order valence-electron chi connectivity index (χ1n) is 18.2. The lowest BCUT2D eigenvalue weighted by Gasteiger charge is -2.37. The highest BCUT2D eigenvalue weighted by atomic mass is 16.6. The minimum absolute atomic E-state index is 0.00498. The highest BCUT2D eigenvalue weighted by Crippen LogP contribution is 2.52. The Kier molecular flexibility index (Phi) is 10.5. The molecule has 0 unspecified atom stereocenters. The maximum atomic E-state index is 12.8. The molecule has 10 nitrogen and oxygen atoms in total. The van der Waals surface area contributed by atoms with E-state index in [9.17, 15) is 4.79 Å². The van der Waals surface area contributed by atoms with Crippen molar-refractivity contribution in [2.75, 3.05) is 55.1 Å². The van der Waals surface area contributed by atoms with Gasteiger partial charge in [0.05, 0.1) is 21.3 Å². The van der Waals surface area contributed by atoms with Crippen LogP contribution in [0.1, 0.15) is 65.2 Å². The Hall–Kier alpha value is -4.93. The second kappa shape index (κ2) is 15.4. The van der Waals surface area contributed by atoms with E-state index in [-0.39, 0.29) is 12.1 Å². The molecule has 52 heavy (non-hydrogen) atoms. The van der Waals surface area contributed by atoms with Gasteiger partial charge in [0.1, 0.15) is 5.75 Å². The third kappa shape index (κ3) is 7.10. The molecular formula is C42H49N3O7. The summed E-state index contributed by atoms with van der Waals surface area (Å²) in [5.74, 6) is 4.64. The molecule has 0 aromatic heterocycles. The Morgan fingerprint density at radius 3 is 2.17 bits per heavy atom. The van der Waals surface area contributed by atoms with Crippen molar-refractivity contribution in [1.29, 1.82) is 0 Å². The number of amides is 1. The van der Waals surface area contributed by atoms with Gasteiger partial charge in [-0.1, -0.05) is 31.5 Å². The molecule has 0 fully saturated rings. The summed E-state index contributed by atoms with van der Waals surface area (Å²) in [6.07, 6.45) is 4.51. The number of carbonyl (C=O) groups excluding carboxylic acids is 1. The van der Waals surface area contributed by atoms with Gasteiger partial charge in [-0.3, -0.25) is 9.80 Å². The molecule has 4 heterocycles. The molecule has 8 rings (SSSR count). The lowest BCUT2D eigenvalue weighted by atomic mass is 9.87. The van der Waals surface area contributed by atoms with E-state index in [1.54, 1.807) is 21.3 Å². The predicted octanol–water partition coefficient (Wildman–Crippen LogP) is 8.04. The molecule has 10 heteroatoms. The predicted molar refractivity (Wildman–Crippen MR) is 200 cm³/mol. The average Bonchev–Trinajstić information content (AvgIpc) is 3.15. The number of ether oxygens (including phenoxy) is 6. The molecule has 1 N–H and O–H groups in total. The first-order valence-corrected chi connectivity index (χ1v) is 18.2. The van der Waals surface area contributed by atoms with Gasteiger partial charge in [0.2, 0.25) is 5.75 Å². The van der Waals surface area contributed by atoms with E-state index in [4.69, 9.17) is 28.4 Å². The van der Waals surface area contributed by atoms with Crippen molar-refractivity contribution in [2.45, 2.75) is 57.5 Å². The fourth-order valence-electron chi connectivity index (χ4n) is 7.69. The van der Waals surface area contributed by atoms with Crippen LogP contribution in [0.25, 0.3) is 0 Å². The molecule has 4 aromatic carbocycles. The lowest BCUT2D eigenvalue weighted by molar-refractivity contribution is 0.198. The second-order valence-corrected chi connectivity index (χ2v) is 13.9. The molecule has 0 radical (unpaired) electrons. The monoisotopic (exact) mass is 707 g/mol. The van der Waals surface area contributed by atoms with E-state index >= 15 is 0 Å². The van der Waals surface area contributed by atoms with Crippen molar-refractivity contribution in [3.63, 3.8) is 0 Å². The SMILES string of the molecule is CCCCNC(=O)Oc1ccc2cc1Oc1ccc(cc1)C[C@H]1c3c(cc(OC)c(OC)c3Oc3cc4c(cc3OC)CCN(C)[C@@H]4C2)CCN1C. The Morgan fingerprint density at radius 2 is 1.44 bits per heavy atom. The summed E-state index contributed by atoms with van der Waals surface area (Å²) in [5.41, 5.74) is 6.82. The fraction of sp³-hybridized carbons (Fsp3) is 0.405. The summed E-state index contributed by atoms with van der Waals surface area (Å²) in [6.45, 7) is 4.41. The number of methoxy groups -OCH3 is 3. The van der Waals surface area contributed by atoms with Crippen molar-refractivity contribution in [2.24, 2.45) is 0 Å². The molecule has 4 aromatic rings. The van der Waals surface area contributed by atoms with Gasteiger partial charge in [0, 0.05) is 37.3 Å². The summed E-state index contributed by atoms with van der Waals surface area (Å²) in [7, 11) is 9.33. The number of unbranched alkanes of at least 4 members (excludes halogenated alkanes) is 1. The van der Waals surface area contributed by atoms with Gasteiger partial charge in [-0.2, -0.15) is 0 Å². The Bertz CT molecular complexity index is 1930. The van der Waals surface area contributed by atoms with Crippen molar-refractivity contribution in [3.8, 4) is 46.0 Å². The molecule has 0 aliphatic carbocycles. The van der Waals surface area contributed by atoms with Gasteiger partial charge in [-0.05, 0) is 116 Å². The maximum absolute atomic E-state index is 12.8. The molecule has 6 bridgehead atoms. The largest absolute Gasteiger partial charge is 0.493 e. The lowest BCUT2D eigenvalue weighted by Crippen LogP contribution is -2.34. The Balaban J connectivity index is 1.38. The normalized spacial score (nSPS) is 18.2. The molecule has 4 aliphatic heterocycles. The van der Waals surface area contributed by atoms with Crippen LogP contribution < -0.4 is 33.7 Å². The average molecular weight is 708 g/mol. The quantitative estimate of drug-likeness (QED) is 0.192. The van der Waals surface area contributed by atoms with Crippen molar-refractivity contribution < 1.29 is 33.2 Å². The van der Waals surface area contributed by atoms with Gasteiger partial charge >= 0.3 is 6.09 Å². The summed E-state index contributed by atoms with van der Waals surface area (Å²) < 4.78 is 37.3. The standard InChI is InChI=1S/C42H49N3O7/c1-7-8-17-43-42(46)52-34-14-11-27-21-32-31-25-37(35(47-4)23-28(31)15-18-44(32)2)51-41-39-29(24-38(48-5)40(41)49-6)16-19-45(3)33(39)20-26-9-12-30(13-10-26)50-36(34)22-27/h9-14,22-25,32-33H,7-8,15-21H2,1-6H3,(H,43,46)/t32-,33+/m1/s1. The third-order valence-corrected chi connectivity index (χ3v) is 10.6. The Morgan fingerprint density at radius 1 is 0.769 bits per heavy atom. The van der Waals surface area contributed by atoms with Crippen LogP contribution in [0.2, 0.25) is 0 Å². The molecule has 0 saturated carbocycles. The number of fused-ring (bicyclic) bond motifs is 2. The van der Waals surface area contributed by atoms with Gasteiger partial charge in [0.25, 0.3) is 0 Å². The zero-order valence-electron chi connectivity index (χ0n) is 31.0. The van der Waals surface area contributed by atoms with Gasteiger partial charge in [0.15, 0.2) is 34.5 Å². The van der Waals surface area contributed by atoms with Crippen LogP contribution in [0.3, 0.4) is 0 Å². The zero-order chi connectivity index (χ0) is 36.4. The number of hydrogen-bond acceptors (Lipinski definition) is 9. The number of likely N-dealkylation sites (N-methyl/N-ethyl adjacent to an activating group) is 2. The minimum Gasteiger partial charge on any atom is -0.493 e. The number of nitrogens with one attached hydrogen (secondary N) is 1.